The summed E-state index contributed by atoms with van der Waals surface area (Å²) in [5.41, 5.74) is 2.07. The number of imidazole rings is 1. The van der Waals surface area contributed by atoms with Crippen molar-refractivity contribution in [3.05, 3.63) is 60.3 Å². The van der Waals surface area contributed by atoms with Crippen molar-refractivity contribution in [1.82, 2.24) is 24.8 Å². The second-order valence-corrected chi connectivity index (χ2v) is 7.78. The first-order chi connectivity index (χ1) is 15.1. The molecule has 162 valence electrons. The standard InChI is InChI=1S/C23H28N6O2/c1-17-14-21(27-23(26-17)28-13-11-24-16-28)29-12-3-4-19(29)15-22(30)25-10-9-18-5-7-20(31-2)8-6-18/h5-8,11,13-14,16,19H,3-4,9-10,12,15H2,1-2H3,(H,25,30). The monoisotopic (exact) mass is 420 g/mol. The van der Waals surface area contributed by atoms with Crippen LogP contribution in [-0.2, 0) is 11.2 Å². The molecule has 8 nitrogen and oxygen atoms in total. The van der Waals surface area contributed by atoms with Gasteiger partial charge in [0.2, 0.25) is 11.9 Å². The lowest BCUT2D eigenvalue weighted by Gasteiger charge is -2.26. The summed E-state index contributed by atoms with van der Waals surface area (Å²) in [6, 6.07) is 10.1. The van der Waals surface area contributed by atoms with Crippen LogP contribution >= 0.6 is 0 Å². The van der Waals surface area contributed by atoms with Crippen LogP contribution in [0.25, 0.3) is 5.95 Å². The number of benzene rings is 1. The van der Waals surface area contributed by atoms with Crippen LogP contribution in [0.1, 0.15) is 30.5 Å². The van der Waals surface area contributed by atoms with Gasteiger partial charge in [-0.3, -0.25) is 9.36 Å². The zero-order valence-electron chi connectivity index (χ0n) is 18.0. The molecule has 1 unspecified atom stereocenters. The Morgan fingerprint density at radius 1 is 1.26 bits per heavy atom. The summed E-state index contributed by atoms with van der Waals surface area (Å²) >= 11 is 0. The van der Waals surface area contributed by atoms with Gasteiger partial charge >= 0.3 is 0 Å². The number of hydrogen-bond acceptors (Lipinski definition) is 6. The first kappa shape index (κ1) is 20.8. The van der Waals surface area contributed by atoms with Crippen molar-refractivity contribution in [2.45, 2.75) is 38.6 Å². The van der Waals surface area contributed by atoms with Gasteiger partial charge in [-0.15, -0.1) is 0 Å². The molecule has 1 aliphatic heterocycles. The molecule has 3 heterocycles. The van der Waals surface area contributed by atoms with Gasteiger partial charge in [-0.2, -0.15) is 4.98 Å². The Morgan fingerprint density at radius 2 is 2.10 bits per heavy atom. The number of anilines is 1. The molecule has 1 saturated heterocycles. The molecule has 2 aromatic heterocycles. The van der Waals surface area contributed by atoms with Crippen molar-refractivity contribution in [1.29, 1.82) is 0 Å². The van der Waals surface area contributed by atoms with Gasteiger partial charge in [0.05, 0.1) is 7.11 Å². The van der Waals surface area contributed by atoms with Crippen molar-refractivity contribution >= 4 is 11.7 Å². The van der Waals surface area contributed by atoms with Crippen LogP contribution in [0.15, 0.2) is 49.1 Å². The first-order valence-corrected chi connectivity index (χ1v) is 10.6. The summed E-state index contributed by atoms with van der Waals surface area (Å²) in [5.74, 6) is 2.38. The molecule has 1 amide bonds. The van der Waals surface area contributed by atoms with E-state index >= 15 is 0 Å². The lowest BCUT2D eigenvalue weighted by atomic mass is 10.1. The van der Waals surface area contributed by atoms with Crippen LogP contribution in [-0.4, -0.2) is 51.7 Å². The van der Waals surface area contributed by atoms with Crippen molar-refractivity contribution in [2.24, 2.45) is 0 Å². The highest BCUT2D eigenvalue weighted by Gasteiger charge is 2.28. The number of carbonyl (C=O) groups excluding carboxylic acids is 1. The van der Waals surface area contributed by atoms with Gasteiger partial charge in [-0.05, 0) is 43.9 Å². The highest BCUT2D eigenvalue weighted by molar-refractivity contribution is 5.77. The Labute approximate surface area is 182 Å². The summed E-state index contributed by atoms with van der Waals surface area (Å²) in [4.78, 5) is 28.1. The molecule has 1 atom stereocenters. The van der Waals surface area contributed by atoms with Crippen molar-refractivity contribution < 1.29 is 9.53 Å². The summed E-state index contributed by atoms with van der Waals surface area (Å²) in [6.07, 6.45) is 8.52. The third kappa shape index (κ3) is 5.20. The number of nitrogens with one attached hydrogen (secondary N) is 1. The fraction of sp³-hybridized carbons (Fsp3) is 0.391. The van der Waals surface area contributed by atoms with Crippen molar-refractivity contribution in [2.75, 3.05) is 25.1 Å². The fourth-order valence-electron chi connectivity index (χ4n) is 3.95. The number of hydrogen-bond donors (Lipinski definition) is 1. The minimum absolute atomic E-state index is 0.0750. The maximum Gasteiger partial charge on any atom is 0.237 e. The van der Waals surface area contributed by atoms with E-state index in [4.69, 9.17) is 9.72 Å². The molecule has 31 heavy (non-hydrogen) atoms. The first-order valence-electron chi connectivity index (χ1n) is 10.6. The number of rotatable bonds is 8. The van der Waals surface area contributed by atoms with E-state index in [1.165, 1.54) is 5.56 Å². The van der Waals surface area contributed by atoms with Crippen LogP contribution in [0.2, 0.25) is 0 Å². The maximum atomic E-state index is 12.6. The maximum absolute atomic E-state index is 12.6. The lowest BCUT2D eigenvalue weighted by molar-refractivity contribution is -0.121. The number of ether oxygens (including phenoxy) is 1. The van der Waals surface area contributed by atoms with Crippen molar-refractivity contribution in [3.8, 4) is 11.7 Å². The van der Waals surface area contributed by atoms with E-state index < -0.39 is 0 Å². The molecule has 0 saturated carbocycles. The fourth-order valence-corrected chi connectivity index (χ4v) is 3.95. The Bertz CT molecular complexity index is 1000. The predicted octanol–water partition coefficient (Wildman–Crippen LogP) is 2.70. The van der Waals surface area contributed by atoms with Gasteiger partial charge in [0.1, 0.15) is 17.9 Å². The van der Waals surface area contributed by atoms with Gasteiger partial charge in [-0.25, -0.2) is 9.97 Å². The zero-order chi connectivity index (χ0) is 21.6. The Balaban J connectivity index is 1.34. The highest BCUT2D eigenvalue weighted by Crippen LogP contribution is 2.27. The lowest BCUT2D eigenvalue weighted by Crippen LogP contribution is -2.36. The molecule has 8 heteroatoms. The molecule has 0 aliphatic carbocycles. The van der Waals surface area contributed by atoms with Crippen LogP contribution in [0.5, 0.6) is 5.75 Å². The van der Waals surface area contributed by atoms with Crippen molar-refractivity contribution in [3.63, 3.8) is 0 Å². The second-order valence-electron chi connectivity index (χ2n) is 7.78. The Kier molecular flexibility index (Phi) is 6.45. The zero-order valence-corrected chi connectivity index (χ0v) is 18.0. The Morgan fingerprint density at radius 3 is 2.84 bits per heavy atom. The molecule has 0 radical (unpaired) electrons. The normalized spacial score (nSPS) is 15.8. The highest BCUT2D eigenvalue weighted by atomic mass is 16.5. The quantitative estimate of drug-likeness (QED) is 0.603. The average molecular weight is 421 g/mol. The Hall–Kier alpha value is -3.42. The summed E-state index contributed by atoms with van der Waals surface area (Å²) < 4.78 is 6.98. The van der Waals surface area contributed by atoms with Gasteiger partial charge in [0.15, 0.2) is 0 Å². The number of nitrogens with zero attached hydrogens (tertiary/aromatic N) is 5. The molecule has 1 aliphatic rings. The molecule has 1 fully saturated rings. The van der Waals surface area contributed by atoms with E-state index in [2.05, 4.69) is 20.2 Å². The van der Waals surface area contributed by atoms with E-state index in [9.17, 15) is 4.79 Å². The average Bonchev–Trinajstić information content (AvgIpc) is 3.46. The number of aromatic nitrogens is 4. The third-order valence-corrected chi connectivity index (χ3v) is 5.55. The number of carbonyl (C=O) groups is 1. The third-order valence-electron chi connectivity index (χ3n) is 5.55. The SMILES string of the molecule is COc1ccc(CCNC(=O)CC2CCCN2c2cc(C)nc(-n3ccnc3)n2)cc1. The van der Waals surface area contributed by atoms with Gasteiger partial charge in [0, 0.05) is 49.7 Å². The van der Waals surface area contributed by atoms with E-state index in [0.717, 1.165) is 43.1 Å². The second kappa shape index (κ2) is 9.59. The topological polar surface area (TPSA) is 85.2 Å². The molecular formula is C23H28N6O2. The molecule has 0 bridgehead atoms. The minimum Gasteiger partial charge on any atom is -0.497 e. The van der Waals surface area contributed by atoms with Crippen LogP contribution < -0.4 is 15.0 Å². The number of aryl methyl sites for hydroxylation is 1. The molecule has 1 N–H and O–H groups in total. The molecular weight excluding hydrogens is 392 g/mol. The van der Waals surface area contributed by atoms with Gasteiger partial charge in [0.25, 0.3) is 0 Å². The smallest absolute Gasteiger partial charge is 0.237 e. The number of methoxy groups -OCH3 is 1. The van der Waals surface area contributed by atoms with E-state index in [1.54, 1.807) is 24.2 Å². The predicted molar refractivity (Wildman–Crippen MR) is 119 cm³/mol. The molecule has 4 rings (SSSR count). The van der Waals surface area contributed by atoms with Crippen LogP contribution in [0, 0.1) is 6.92 Å². The van der Waals surface area contributed by atoms with E-state index in [0.29, 0.717) is 18.9 Å². The molecule has 3 aromatic rings. The summed E-state index contributed by atoms with van der Waals surface area (Å²) in [7, 11) is 1.66. The number of amides is 1. The van der Waals surface area contributed by atoms with Gasteiger partial charge in [-0.1, -0.05) is 12.1 Å². The molecule has 0 spiro atoms. The molecule has 1 aromatic carbocycles. The van der Waals surface area contributed by atoms with E-state index in [-0.39, 0.29) is 11.9 Å². The van der Waals surface area contributed by atoms with Gasteiger partial charge < -0.3 is 15.0 Å². The van der Waals surface area contributed by atoms with Crippen LogP contribution in [0.3, 0.4) is 0 Å². The largest absolute Gasteiger partial charge is 0.497 e. The van der Waals surface area contributed by atoms with Crippen LogP contribution in [0.4, 0.5) is 5.82 Å². The minimum atomic E-state index is 0.0750. The summed E-state index contributed by atoms with van der Waals surface area (Å²) in [6.45, 7) is 3.47. The van der Waals surface area contributed by atoms with E-state index in [1.807, 2.05) is 43.5 Å². The summed E-state index contributed by atoms with van der Waals surface area (Å²) in [5, 5.41) is 3.06.